The van der Waals surface area contributed by atoms with Crippen LogP contribution in [0, 0.1) is 0 Å². The van der Waals surface area contributed by atoms with Gasteiger partial charge in [0.25, 0.3) is 5.91 Å². The van der Waals surface area contributed by atoms with Gasteiger partial charge < -0.3 is 10.4 Å². The molecule has 0 saturated carbocycles. The van der Waals surface area contributed by atoms with Gasteiger partial charge >= 0.3 is 5.97 Å². The van der Waals surface area contributed by atoms with Crippen LogP contribution in [-0.2, 0) is 4.79 Å². The fourth-order valence-electron chi connectivity index (χ4n) is 2.92. The Hall–Kier alpha value is -2.43. The van der Waals surface area contributed by atoms with Gasteiger partial charge in [0.15, 0.2) is 0 Å². The van der Waals surface area contributed by atoms with Gasteiger partial charge in [0.2, 0.25) is 0 Å². The van der Waals surface area contributed by atoms with Crippen LogP contribution in [0.4, 0.5) is 0 Å². The lowest BCUT2D eigenvalue weighted by atomic mass is 10.0. The first-order valence-corrected chi connectivity index (χ1v) is 9.01. The van der Waals surface area contributed by atoms with Crippen molar-refractivity contribution in [3.05, 3.63) is 42.1 Å². The molecule has 2 rings (SSSR count). The summed E-state index contributed by atoms with van der Waals surface area (Å²) in [5.41, 5.74) is 1.18. The molecular formula is C20H26N2O3. The van der Waals surface area contributed by atoms with Gasteiger partial charge in [-0.3, -0.25) is 9.78 Å². The van der Waals surface area contributed by atoms with Crippen molar-refractivity contribution in [1.82, 2.24) is 10.3 Å². The minimum atomic E-state index is -0.986. The number of para-hydroxylation sites is 1. The summed E-state index contributed by atoms with van der Waals surface area (Å²) in [6.07, 6.45) is 8.53. The molecule has 0 aliphatic rings. The Balaban J connectivity index is 1.96. The number of amides is 1. The summed E-state index contributed by atoms with van der Waals surface area (Å²) >= 11 is 0. The highest BCUT2D eigenvalue weighted by Crippen LogP contribution is 2.16. The number of nitrogens with zero attached hydrogens (tertiary/aromatic N) is 1. The van der Waals surface area contributed by atoms with Gasteiger partial charge in [0.05, 0.1) is 11.1 Å². The Morgan fingerprint density at radius 1 is 1.08 bits per heavy atom. The number of rotatable bonds is 10. The summed E-state index contributed by atoms with van der Waals surface area (Å²) in [6, 6.07) is 8.12. The maximum absolute atomic E-state index is 12.5. The van der Waals surface area contributed by atoms with Crippen molar-refractivity contribution >= 4 is 22.8 Å². The Morgan fingerprint density at radius 2 is 1.80 bits per heavy atom. The highest BCUT2D eigenvalue weighted by molar-refractivity contribution is 6.06. The lowest BCUT2D eigenvalue weighted by Gasteiger charge is -2.15. The fourth-order valence-corrected chi connectivity index (χ4v) is 2.92. The van der Waals surface area contributed by atoms with E-state index in [0.717, 1.165) is 30.2 Å². The van der Waals surface area contributed by atoms with Crippen LogP contribution < -0.4 is 5.32 Å². The van der Waals surface area contributed by atoms with E-state index in [1.165, 1.54) is 19.3 Å². The first-order valence-electron chi connectivity index (χ1n) is 9.01. The van der Waals surface area contributed by atoms with E-state index >= 15 is 0 Å². The lowest BCUT2D eigenvalue weighted by Crippen LogP contribution is -2.40. The number of hydrogen-bond acceptors (Lipinski definition) is 3. The topological polar surface area (TPSA) is 79.3 Å². The Labute approximate surface area is 148 Å². The van der Waals surface area contributed by atoms with Gasteiger partial charge in [-0.2, -0.15) is 0 Å². The van der Waals surface area contributed by atoms with Crippen LogP contribution in [0.15, 0.2) is 36.5 Å². The molecule has 5 heteroatoms. The van der Waals surface area contributed by atoms with E-state index in [1.807, 2.05) is 24.3 Å². The number of fused-ring (bicyclic) bond motifs is 1. The first kappa shape index (κ1) is 18.9. The quantitative estimate of drug-likeness (QED) is 0.635. The van der Waals surface area contributed by atoms with Crippen molar-refractivity contribution < 1.29 is 14.7 Å². The molecule has 0 aliphatic carbocycles. The van der Waals surface area contributed by atoms with Gasteiger partial charge in [-0.05, 0) is 18.6 Å². The van der Waals surface area contributed by atoms with Crippen LogP contribution in [0.3, 0.4) is 0 Å². The molecule has 0 bridgehead atoms. The molecule has 5 nitrogen and oxygen atoms in total. The monoisotopic (exact) mass is 342 g/mol. The number of unbranched alkanes of at least 4 members (excludes halogenated alkanes) is 5. The first-order chi connectivity index (χ1) is 12.1. The Bertz CT molecular complexity index is 710. The molecule has 0 saturated heterocycles. The van der Waals surface area contributed by atoms with E-state index in [-0.39, 0.29) is 5.91 Å². The summed E-state index contributed by atoms with van der Waals surface area (Å²) < 4.78 is 0. The number of carbonyl (C=O) groups is 2. The molecule has 1 amide bonds. The van der Waals surface area contributed by atoms with E-state index in [4.69, 9.17) is 0 Å². The second-order valence-corrected chi connectivity index (χ2v) is 6.30. The van der Waals surface area contributed by atoms with Crippen LogP contribution in [0.2, 0.25) is 0 Å². The molecule has 1 aromatic heterocycles. The third kappa shape index (κ3) is 5.55. The number of carboxylic acids is 1. The van der Waals surface area contributed by atoms with Crippen LogP contribution in [0.25, 0.3) is 10.9 Å². The fraction of sp³-hybridized carbons (Fsp3) is 0.450. The van der Waals surface area contributed by atoms with Gasteiger partial charge in [-0.25, -0.2) is 4.79 Å². The predicted molar refractivity (Wildman–Crippen MR) is 98.6 cm³/mol. The van der Waals surface area contributed by atoms with Crippen molar-refractivity contribution in [3.63, 3.8) is 0 Å². The van der Waals surface area contributed by atoms with Crippen LogP contribution in [0.1, 0.15) is 62.2 Å². The summed E-state index contributed by atoms with van der Waals surface area (Å²) in [7, 11) is 0. The lowest BCUT2D eigenvalue weighted by molar-refractivity contribution is -0.139. The molecule has 0 fully saturated rings. The average Bonchev–Trinajstić information content (AvgIpc) is 2.62. The number of pyridine rings is 1. The standard InChI is InChI=1S/C20H26N2O3/c1-2-3-4-5-6-7-12-18(20(24)25)22-19(23)16-13-14-21-17-11-9-8-10-15(16)17/h8-11,13-14,18H,2-7,12H2,1H3,(H,22,23)(H,24,25)/t18-/m1/s1. The molecule has 0 aliphatic heterocycles. The smallest absolute Gasteiger partial charge is 0.326 e. The zero-order valence-electron chi connectivity index (χ0n) is 14.7. The summed E-state index contributed by atoms with van der Waals surface area (Å²) in [4.78, 5) is 28.2. The Morgan fingerprint density at radius 3 is 2.56 bits per heavy atom. The van der Waals surface area contributed by atoms with Crippen LogP contribution in [-0.4, -0.2) is 28.0 Å². The SMILES string of the molecule is CCCCCCCC[C@@H](NC(=O)c1ccnc2ccccc12)C(=O)O. The van der Waals surface area contributed by atoms with Crippen molar-refractivity contribution in [3.8, 4) is 0 Å². The molecule has 2 aromatic rings. The van der Waals surface area contributed by atoms with E-state index in [1.54, 1.807) is 12.3 Å². The van der Waals surface area contributed by atoms with E-state index in [0.29, 0.717) is 12.0 Å². The van der Waals surface area contributed by atoms with Gasteiger partial charge in [-0.1, -0.05) is 63.6 Å². The van der Waals surface area contributed by atoms with Crippen molar-refractivity contribution in [1.29, 1.82) is 0 Å². The average molecular weight is 342 g/mol. The molecule has 134 valence electrons. The summed E-state index contributed by atoms with van der Waals surface area (Å²) in [6.45, 7) is 2.17. The normalized spacial score (nSPS) is 12.0. The Kier molecular flexibility index (Phi) is 7.38. The summed E-state index contributed by atoms with van der Waals surface area (Å²) in [5, 5.41) is 12.8. The molecule has 1 atom stereocenters. The van der Waals surface area contributed by atoms with Gasteiger partial charge in [-0.15, -0.1) is 0 Å². The van der Waals surface area contributed by atoms with E-state index in [9.17, 15) is 14.7 Å². The number of aromatic nitrogens is 1. The highest BCUT2D eigenvalue weighted by Gasteiger charge is 2.21. The number of aliphatic carboxylic acids is 1. The van der Waals surface area contributed by atoms with Crippen molar-refractivity contribution in [2.75, 3.05) is 0 Å². The number of hydrogen-bond donors (Lipinski definition) is 2. The third-order valence-corrected chi connectivity index (χ3v) is 4.34. The van der Waals surface area contributed by atoms with Crippen molar-refractivity contribution in [2.45, 2.75) is 57.9 Å². The predicted octanol–water partition coefficient (Wildman–Crippen LogP) is 4.17. The molecule has 0 spiro atoms. The largest absolute Gasteiger partial charge is 0.480 e. The molecule has 1 aromatic carbocycles. The molecule has 1 heterocycles. The van der Waals surface area contributed by atoms with Crippen molar-refractivity contribution in [2.24, 2.45) is 0 Å². The minimum absolute atomic E-state index is 0.364. The van der Waals surface area contributed by atoms with Crippen LogP contribution in [0.5, 0.6) is 0 Å². The zero-order chi connectivity index (χ0) is 18.1. The van der Waals surface area contributed by atoms with Gasteiger partial charge in [0.1, 0.15) is 6.04 Å². The molecular weight excluding hydrogens is 316 g/mol. The van der Waals surface area contributed by atoms with E-state index in [2.05, 4.69) is 17.2 Å². The van der Waals surface area contributed by atoms with Gasteiger partial charge in [0, 0.05) is 11.6 Å². The molecule has 0 unspecified atom stereocenters. The second-order valence-electron chi connectivity index (χ2n) is 6.30. The number of carbonyl (C=O) groups excluding carboxylic acids is 1. The maximum atomic E-state index is 12.5. The molecule has 0 radical (unpaired) electrons. The number of nitrogens with one attached hydrogen (secondary N) is 1. The second kappa shape index (κ2) is 9.77. The van der Waals surface area contributed by atoms with Crippen LogP contribution >= 0.6 is 0 Å². The van der Waals surface area contributed by atoms with E-state index < -0.39 is 12.0 Å². The molecule has 25 heavy (non-hydrogen) atoms. The minimum Gasteiger partial charge on any atom is -0.480 e. The third-order valence-electron chi connectivity index (χ3n) is 4.34. The number of carboxylic acid groups (broad SMARTS) is 1. The summed E-state index contributed by atoms with van der Waals surface area (Å²) in [5.74, 6) is -1.35. The zero-order valence-corrected chi connectivity index (χ0v) is 14.7. The molecule has 2 N–H and O–H groups in total. The highest BCUT2D eigenvalue weighted by atomic mass is 16.4. The number of benzene rings is 1. The maximum Gasteiger partial charge on any atom is 0.326 e.